The van der Waals surface area contributed by atoms with Crippen LogP contribution < -0.4 is 0 Å². The van der Waals surface area contributed by atoms with E-state index in [1.807, 2.05) is 6.92 Å². The second-order valence-corrected chi connectivity index (χ2v) is 3.94. The Hall–Kier alpha value is -0.550. The number of ether oxygens (including phenoxy) is 1. The van der Waals surface area contributed by atoms with E-state index in [-0.39, 0.29) is 17.4 Å². The van der Waals surface area contributed by atoms with Gasteiger partial charge in [-0.25, -0.2) is 0 Å². The van der Waals surface area contributed by atoms with Gasteiger partial charge in [0.1, 0.15) is 6.10 Å². The van der Waals surface area contributed by atoms with E-state index in [0.29, 0.717) is 0 Å². The van der Waals surface area contributed by atoms with E-state index in [4.69, 9.17) is 10.00 Å². The van der Waals surface area contributed by atoms with Crippen LogP contribution in [0.3, 0.4) is 0 Å². The topological polar surface area (TPSA) is 33.0 Å². The van der Waals surface area contributed by atoms with Gasteiger partial charge in [-0.1, -0.05) is 27.7 Å². The molecule has 0 amide bonds. The van der Waals surface area contributed by atoms with Gasteiger partial charge in [-0.3, -0.25) is 0 Å². The van der Waals surface area contributed by atoms with Crippen molar-refractivity contribution in [2.24, 2.45) is 11.3 Å². The Morgan fingerprint density at radius 1 is 1.36 bits per heavy atom. The summed E-state index contributed by atoms with van der Waals surface area (Å²) < 4.78 is 5.03. The van der Waals surface area contributed by atoms with Crippen LogP contribution in [0.1, 0.15) is 27.7 Å². The van der Waals surface area contributed by atoms with Gasteiger partial charge in [0.25, 0.3) is 0 Å². The van der Waals surface area contributed by atoms with Gasteiger partial charge in [0.2, 0.25) is 0 Å². The van der Waals surface area contributed by atoms with E-state index in [2.05, 4.69) is 26.8 Å². The smallest absolute Gasteiger partial charge is 0.146 e. The SMILES string of the molecule is COC(C#N)C(C)C(C)(C)C. The highest BCUT2D eigenvalue weighted by molar-refractivity contribution is 4.92. The Morgan fingerprint density at radius 2 is 1.82 bits per heavy atom. The zero-order chi connectivity index (χ0) is 9.07. The lowest BCUT2D eigenvalue weighted by Gasteiger charge is -2.29. The summed E-state index contributed by atoms with van der Waals surface area (Å²) in [7, 11) is 1.58. The number of hydrogen-bond acceptors (Lipinski definition) is 2. The van der Waals surface area contributed by atoms with Crippen LogP contribution in [0.25, 0.3) is 0 Å². The number of nitriles is 1. The molecule has 0 saturated carbocycles. The molecule has 0 aromatic carbocycles. The zero-order valence-corrected chi connectivity index (χ0v) is 8.01. The Balaban J connectivity index is 4.24. The molecule has 2 unspecified atom stereocenters. The minimum Gasteiger partial charge on any atom is -0.366 e. The summed E-state index contributed by atoms with van der Waals surface area (Å²) >= 11 is 0. The molecule has 0 heterocycles. The molecule has 0 bridgehead atoms. The summed E-state index contributed by atoms with van der Waals surface area (Å²) in [5, 5.41) is 8.68. The van der Waals surface area contributed by atoms with E-state index in [1.54, 1.807) is 7.11 Å². The van der Waals surface area contributed by atoms with Crippen molar-refractivity contribution < 1.29 is 4.74 Å². The fourth-order valence-electron chi connectivity index (χ4n) is 0.823. The third kappa shape index (κ3) is 2.90. The van der Waals surface area contributed by atoms with Crippen LogP contribution >= 0.6 is 0 Å². The predicted molar refractivity (Wildman–Crippen MR) is 45.0 cm³/mol. The van der Waals surface area contributed by atoms with Gasteiger partial charge in [0.15, 0.2) is 0 Å². The van der Waals surface area contributed by atoms with E-state index < -0.39 is 0 Å². The summed E-state index contributed by atoms with van der Waals surface area (Å²) in [5.74, 6) is 0.262. The first-order chi connectivity index (χ1) is 4.93. The molecule has 2 nitrogen and oxygen atoms in total. The summed E-state index contributed by atoms with van der Waals surface area (Å²) in [6, 6.07) is 2.14. The van der Waals surface area contributed by atoms with Gasteiger partial charge in [0.05, 0.1) is 6.07 Å². The Bertz CT molecular complexity index is 152. The summed E-state index contributed by atoms with van der Waals surface area (Å²) in [4.78, 5) is 0. The molecule has 11 heavy (non-hydrogen) atoms. The molecule has 0 aliphatic carbocycles. The average molecular weight is 155 g/mol. The molecular weight excluding hydrogens is 138 g/mol. The molecule has 0 aliphatic rings. The lowest BCUT2D eigenvalue weighted by atomic mass is 9.79. The summed E-state index contributed by atoms with van der Waals surface area (Å²) in [6.07, 6.45) is -0.282. The van der Waals surface area contributed by atoms with Crippen molar-refractivity contribution in [1.82, 2.24) is 0 Å². The maximum atomic E-state index is 8.68. The van der Waals surface area contributed by atoms with Crippen LogP contribution in [0.2, 0.25) is 0 Å². The van der Waals surface area contributed by atoms with Crippen LogP contribution in [0.4, 0.5) is 0 Å². The number of methoxy groups -OCH3 is 1. The normalized spacial score (nSPS) is 17.1. The number of rotatable bonds is 2. The molecule has 0 N–H and O–H groups in total. The highest BCUT2D eigenvalue weighted by Gasteiger charge is 2.27. The van der Waals surface area contributed by atoms with Gasteiger partial charge in [-0.15, -0.1) is 0 Å². The first-order valence-electron chi connectivity index (χ1n) is 3.86. The van der Waals surface area contributed by atoms with Crippen LogP contribution in [-0.4, -0.2) is 13.2 Å². The predicted octanol–water partition coefficient (Wildman–Crippen LogP) is 2.21. The van der Waals surface area contributed by atoms with Crippen LogP contribution in [0.15, 0.2) is 0 Å². The van der Waals surface area contributed by atoms with Crippen molar-refractivity contribution in [1.29, 1.82) is 5.26 Å². The molecule has 2 atom stereocenters. The largest absolute Gasteiger partial charge is 0.366 e. The fourth-order valence-corrected chi connectivity index (χ4v) is 0.823. The van der Waals surface area contributed by atoms with Gasteiger partial charge in [0, 0.05) is 13.0 Å². The van der Waals surface area contributed by atoms with Crippen molar-refractivity contribution in [3.63, 3.8) is 0 Å². The average Bonchev–Trinajstić information content (AvgIpc) is 1.88. The lowest BCUT2D eigenvalue weighted by Crippen LogP contribution is -2.29. The van der Waals surface area contributed by atoms with Crippen LogP contribution in [0, 0.1) is 22.7 Å². The quantitative estimate of drug-likeness (QED) is 0.612. The summed E-state index contributed by atoms with van der Waals surface area (Å²) in [5.41, 5.74) is 0.135. The minimum absolute atomic E-state index is 0.135. The Morgan fingerprint density at radius 3 is 1.91 bits per heavy atom. The second kappa shape index (κ2) is 3.73. The highest BCUT2D eigenvalue weighted by Crippen LogP contribution is 2.28. The van der Waals surface area contributed by atoms with Crippen molar-refractivity contribution in [2.45, 2.75) is 33.8 Å². The molecule has 0 rings (SSSR count). The molecular formula is C9H17NO. The van der Waals surface area contributed by atoms with E-state index in [1.165, 1.54) is 0 Å². The standard InChI is InChI=1S/C9H17NO/c1-7(9(2,3)4)8(6-10)11-5/h7-8H,1-5H3. The molecule has 0 aromatic heterocycles. The lowest BCUT2D eigenvalue weighted by molar-refractivity contribution is 0.0518. The molecule has 0 radical (unpaired) electrons. The molecule has 0 fully saturated rings. The first-order valence-corrected chi connectivity index (χ1v) is 3.86. The molecule has 2 heteroatoms. The summed E-state index contributed by atoms with van der Waals surface area (Å²) in [6.45, 7) is 8.38. The second-order valence-electron chi connectivity index (χ2n) is 3.94. The van der Waals surface area contributed by atoms with Crippen LogP contribution in [-0.2, 0) is 4.74 Å². The van der Waals surface area contributed by atoms with Crippen molar-refractivity contribution >= 4 is 0 Å². The number of hydrogen-bond donors (Lipinski definition) is 0. The first kappa shape index (κ1) is 10.4. The van der Waals surface area contributed by atoms with Gasteiger partial charge in [-0.2, -0.15) is 5.26 Å². The minimum atomic E-state index is -0.282. The molecule has 0 saturated heterocycles. The Kier molecular flexibility index (Phi) is 3.54. The van der Waals surface area contributed by atoms with Gasteiger partial charge < -0.3 is 4.74 Å². The third-order valence-electron chi connectivity index (χ3n) is 2.20. The van der Waals surface area contributed by atoms with Gasteiger partial charge >= 0.3 is 0 Å². The Labute approximate surface area is 69.2 Å². The van der Waals surface area contributed by atoms with Crippen LogP contribution in [0.5, 0.6) is 0 Å². The molecule has 64 valence electrons. The van der Waals surface area contributed by atoms with Gasteiger partial charge in [-0.05, 0) is 5.41 Å². The van der Waals surface area contributed by atoms with E-state index in [0.717, 1.165) is 0 Å². The van der Waals surface area contributed by atoms with E-state index in [9.17, 15) is 0 Å². The molecule has 0 aromatic rings. The van der Waals surface area contributed by atoms with Crippen molar-refractivity contribution in [2.75, 3.05) is 7.11 Å². The van der Waals surface area contributed by atoms with Crippen molar-refractivity contribution in [3.05, 3.63) is 0 Å². The highest BCUT2D eigenvalue weighted by atomic mass is 16.5. The zero-order valence-electron chi connectivity index (χ0n) is 8.01. The molecule has 0 aliphatic heterocycles. The van der Waals surface area contributed by atoms with E-state index >= 15 is 0 Å². The monoisotopic (exact) mass is 155 g/mol. The fraction of sp³-hybridized carbons (Fsp3) is 0.889. The number of nitrogens with zero attached hydrogens (tertiary/aromatic N) is 1. The molecule has 0 spiro atoms. The van der Waals surface area contributed by atoms with Crippen molar-refractivity contribution in [3.8, 4) is 6.07 Å². The maximum Gasteiger partial charge on any atom is 0.146 e. The third-order valence-corrected chi connectivity index (χ3v) is 2.20. The maximum absolute atomic E-state index is 8.68.